The summed E-state index contributed by atoms with van der Waals surface area (Å²) in [4.78, 5) is 27.9. The standard InChI is InChI=1S/C23H31N3O3S.C23H30N2O4S/c1-19-11-13-25(14-12-19)15-16-30(28,29)26(22-5-3-2-4-6-22)18-20-7-9-21(10-8-20)23(27)17-24;1-19-12-14-24(15-13-19)16-17-30(27,28)25(22-6-4-3-5-7-22)18-20-8-10-21(11-9-20)23(26)29-2/h2-10,19H,11-18,24H2,1H3;3-11,19H,12-18H2,1-2H3. The minimum Gasteiger partial charge on any atom is -0.465 e. The number of piperidine rings is 2. The lowest BCUT2D eigenvalue weighted by atomic mass is 9.99. The Kier molecular flexibility index (Phi) is 17.3. The zero-order valence-electron chi connectivity index (χ0n) is 35.2. The second-order valence-corrected chi connectivity index (χ2v) is 19.9. The Morgan fingerprint density at radius 1 is 0.600 bits per heavy atom. The maximum absolute atomic E-state index is 13.3. The molecule has 2 heterocycles. The number of Topliss-reactive ketones (excluding diaryl/α,β-unsaturated/α-hetero) is 1. The van der Waals surface area contributed by atoms with Crippen molar-refractivity contribution in [2.24, 2.45) is 17.6 Å². The van der Waals surface area contributed by atoms with Gasteiger partial charge in [-0.3, -0.25) is 13.4 Å². The Balaban J connectivity index is 0.000000228. The van der Waals surface area contributed by atoms with Gasteiger partial charge in [0.2, 0.25) is 20.0 Å². The van der Waals surface area contributed by atoms with Crippen LogP contribution < -0.4 is 14.3 Å². The van der Waals surface area contributed by atoms with Crippen molar-refractivity contribution in [3.63, 3.8) is 0 Å². The van der Waals surface area contributed by atoms with E-state index in [0.29, 0.717) is 47.4 Å². The number of benzene rings is 4. The molecule has 2 aliphatic rings. The van der Waals surface area contributed by atoms with E-state index >= 15 is 0 Å². The highest BCUT2D eigenvalue weighted by atomic mass is 32.2. The SMILES string of the molecule is CC1CCN(CCS(=O)(=O)N(Cc2ccc(C(=O)CN)cc2)c2ccccc2)CC1.COC(=O)c1ccc(CN(c2ccccc2)S(=O)(=O)CCN2CCC(C)CC2)cc1. The first kappa shape index (κ1) is 46.5. The number of para-hydroxylation sites is 2. The molecule has 324 valence electrons. The molecular weight excluding hydrogens is 799 g/mol. The zero-order valence-corrected chi connectivity index (χ0v) is 36.8. The molecule has 0 amide bonds. The number of sulfonamides is 2. The van der Waals surface area contributed by atoms with Gasteiger partial charge in [0.05, 0.1) is 55.2 Å². The average molecular weight is 860 g/mol. The molecular formula is C46H61N5O7S2. The molecule has 0 saturated carbocycles. The third-order valence-corrected chi connectivity index (χ3v) is 14.8. The summed E-state index contributed by atoms with van der Waals surface area (Å²) in [7, 11) is -5.69. The first-order valence-electron chi connectivity index (χ1n) is 20.8. The van der Waals surface area contributed by atoms with Crippen LogP contribution in [-0.4, -0.2) is 103 Å². The van der Waals surface area contributed by atoms with Gasteiger partial charge in [0.1, 0.15) is 0 Å². The van der Waals surface area contributed by atoms with Gasteiger partial charge in [0.15, 0.2) is 5.78 Å². The largest absolute Gasteiger partial charge is 0.465 e. The summed E-state index contributed by atoms with van der Waals surface area (Å²) in [6.45, 7) is 9.80. The Bertz CT molecular complexity index is 2000. The molecule has 2 N–H and O–H groups in total. The Hall–Kier alpha value is -4.60. The first-order chi connectivity index (χ1) is 28.8. The number of nitrogens with two attached hydrogens (primary N) is 1. The third kappa shape index (κ3) is 13.7. The van der Waals surface area contributed by atoms with Crippen molar-refractivity contribution in [3.05, 3.63) is 131 Å². The van der Waals surface area contributed by atoms with Gasteiger partial charge in [-0.25, -0.2) is 21.6 Å². The fourth-order valence-corrected chi connectivity index (χ4v) is 10.3. The smallest absolute Gasteiger partial charge is 0.337 e. The van der Waals surface area contributed by atoms with Crippen LogP contribution in [0.25, 0.3) is 0 Å². The number of ether oxygens (including phenoxy) is 1. The van der Waals surface area contributed by atoms with E-state index in [4.69, 9.17) is 10.5 Å². The van der Waals surface area contributed by atoms with Crippen molar-refractivity contribution in [2.45, 2.75) is 52.6 Å². The molecule has 0 unspecified atom stereocenters. The fraction of sp³-hybridized carbons (Fsp3) is 0.435. The maximum Gasteiger partial charge on any atom is 0.337 e. The summed E-state index contributed by atoms with van der Waals surface area (Å²) < 4.78 is 60.8. The van der Waals surface area contributed by atoms with Crippen LogP contribution in [0.5, 0.6) is 0 Å². The summed E-state index contributed by atoms with van der Waals surface area (Å²) in [6, 6.07) is 32.2. The van der Waals surface area contributed by atoms with Crippen molar-refractivity contribution in [3.8, 4) is 0 Å². The number of hydrogen-bond acceptors (Lipinski definition) is 10. The van der Waals surface area contributed by atoms with Crippen LogP contribution in [0.15, 0.2) is 109 Å². The molecule has 0 bridgehead atoms. The lowest BCUT2D eigenvalue weighted by Crippen LogP contribution is -2.40. The number of nitrogens with zero attached hydrogens (tertiary/aromatic N) is 4. The molecule has 0 aromatic heterocycles. The van der Waals surface area contributed by atoms with Crippen molar-refractivity contribution in [2.75, 3.05) is 73.0 Å². The number of esters is 1. The molecule has 12 nitrogen and oxygen atoms in total. The molecule has 4 aromatic carbocycles. The van der Waals surface area contributed by atoms with Gasteiger partial charge in [0, 0.05) is 18.7 Å². The van der Waals surface area contributed by atoms with E-state index in [1.165, 1.54) is 15.7 Å². The Labute approximate surface area is 357 Å². The number of ketones is 1. The molecule has 2 aliphatic heterocycles. The zero-order chi connectivity index (χ0) is 43.1. The van der Waals surface area contributed by atoms with E-state index in [1.807, 2.05) is 60.7 Å². The minimum atomic E-state index is -3.52. The van der Waals surface area contributed by atoms with Crippen LogP contribution in [0.3, 0.4) is 0 Å². The fourth-order valence-electron chi connectivity index (χ4n) is 7.28. The second-order valence-electron chi connectivity index (χ2n) is 15.9. The highest BCUT2D eigenvalue weighted by molar-refractivity contribution is 7.93. The Morgan fingerprint density at radius 3 is 1.32 bits per heavy atom. The Morgan fingerprint density at radius 2 is 0.967 bits per heavy atom. The van der Waals surface area contributed by atoms with Gasteiger partial charge < -0.3 is 20.3 Å². The average Bonchev–Trinajstić information content (AvgIpc) is 3.27. The van der Waals surface area contributed by atoms with Gasteiger partial charge in [-0.1, -0.05) is 86.6 Å². The summed E-state index contributed by atoms with van der Waals surface area (Å²) >= 11 is 0. The molecule has 14 heteroatoms. The number of hydrogen-bond donors (Lipinski definition) is 1. The van der Waals surface area contributed by atoms with Gasteiger partial charge in [-0.15, -0.1) is 0 Å². The first-order valence-corrected chi connectivity index (χ1v) is 24.0. The van der Waals surface area contributed by atoms with Crippen LogP contribution in [-0.2, 0) is 37.9 Å². The minimum absolute atomic E-state index is 0.0425. The number of methoxy groups -OCH3 is 1. The second kappa shape index (κ2) is 22.3. The molecule has 2 fully saturated rings. The highest BCUT2D eigenvalue weighted by Crippen LogP contribution is 2.25. The van der Waals surface area contributed by atoms with Crippen LogP contribution in [0.2, 0.25) is 0 Å². The number of anilines is 2. The summed E-state index contributed by atoms with van der Waals surface area (Å²) in [6.07, 6.45) is 4.48. The number of rotatable bonds is 17. The lowest BCUT2D eigenvalue weighted by Gasteiger charge is -2.31. The molecule has 4 aromatic rings. The normalized spacial score (nSPS) is 15.7. The van der Waals surface area contributed by atoms with E-state index < -0.39 is 26.0 Å². The number of likely N-dealkylation sites (tertiary alicyclic amines) is 2. The van der Waals surface area contributed by atoms with Crippen LogP contribution in [0.4, 0.5) is 11.4 Å². The predicted octanol–water partition coefficient (Wildman–Crippen LogP) is 6.44. The van der Waals surface area contributed by atoms with Crippen molar-refractivity contribution in [1.82, 2.24) is 9.80 Å². The van der Waals surface area contributed by atoms with E-state index in [1.54, 1.807) is 48.5 Å². The van der Waals surface area contributed by atoms with Crippen molar-refractivity contribution < 1.29 is 31.2 Å². The van der Waals surface area contributed by atoms with E-state index in [2.05, 4.69) is 23.6 Å². The topological polar surface area (TPSA) is 151 Å². The van der Waals surface area contributed by atoms with Gasteiger partial charge in [0.25, 0.3) is 0 Å². The summed E-state index contributed by atoms with van der Waals surface area (Å²) in [5.74, 6) is 1.05. The van der Waals surface area contributed by atoms with Crippen molar-refractivity contribution >= 4 is 43.2 Å². The molecule has 60 heavy (non-hydrogen) atoms. The maximum atomic E-state index is 13.3. The molecule has 0 aliphatic carbocycles. The lowest BCUT2D eigenvalue weighted by molar-refractivity contribution is 0.0600. The molecule has 6 rings (SSSR count). The molecule has 0 radical (unpaired) electrons. The summed E-state index contributed by atoms with van der Waals surface area (Å²) in [5.41, 5.74) is 9.31. The molecule has 2 saturated heterocycles. The van der Waals surface area contributed by atoms with Gasteiger partial charge in [-0.05, 0) is 111 Å². The third-order valence-electron chi connectivity index (χ3n) is 11.3. The number of carbonyl (C=O) groups excluding carboxylic acids is 2. The summed E-state index contributed by atoms with van der Waals surface area (Å²) in [5, 5.41) is 0. The van der Waals surface area contributed by atoms with Gasteiger partial charge >= 0.3 is 5.97 Å². The van der Waals surface area contributed by atoms with E-state index in [0.717, 1.165) is 63.0 Å². The highest BCUT2D eigenvalue weighted by Gasteiger charge is 2.27. The van der Waals surface area contributed by atoms with Crippen LogP contribution >= 0.6 is 0 Å². The number of carbonyl (C=O) groups is 2. The van der Waals surface area contributed by atoms with Crippen LogP contribution in [0.1, 0.15) is 71.4 Å². The monoisotopic (exact) mass is 859 g/mol. The molecule has 0 spiro atoms. The quantitative estimate of drug-likeness (QED) is 0.0929. The van der Waals surface area contributed by atoms with Crippen molar-refractivity contribution in [1.29, 1.82) is 0 Å². The predicted molar refractivity (Wildman–Crippen MR) is 240 cm³/mol. The molecule has 0 atom stereocenters. The van der Waals surface area contributed by atoms with E-state index in [9.17, 15) is 26.4 Å². The van der Waals surface area contributed by atoms with Gasteiger partial charge in [-0.2, -0.15) is 0 Å². The van der Waals surface area contributed by atoms with Crippen LogP contribution in [0, 0.1) is 11.8 Å². The van der Waals surface area contributed by atoms with E-state index in [-0.39, 0.29) is 36.9 Å².